The first-order chi connectivity index (χ1) is 6.24. The number of aryl methyl sites for hydroxylation is 1. The second kappa shape index (κ2) is 7.66. The molecule has 13 heavy (non-hydrogen) atoms. The zero-order valence-corrected chi connectivity index (χ0v) is 9.13. The molecule has 0 atom stereocenters. The highest BCUT2D eigenvalue weighted by molar-refractivity contribution is 5.25. The van der Waals surface area contributed by atoms with Crippen molar-refractivity contribution in [2.75, 3.05) is 7.11 Å². The fourth-order valence-electron chi connectivity index (χ4n) is 0.674. The molecule has 0 amide bonds. The zero-order valence-electron chi connectivity index (χ0n) is 9.13. The van der Waals surface area contributed by atoms with Gasteiger partial charge < -0.3 is 4.74 Å². The summed E-state index contributed by atoms with van der Waals surface area (Å²) in [5, 5.41) is 0. The van der Waals surface area contributed by atoms with Crippen LogP contribution in [0.5, 0.6) is 5.75 Å². The Morgan fingerprint density at radius 3 is 1.77 bits per heavy atom. The van der Waals surface area contributed by atoms with E-state index in [2.05, 4.69) is 20.8 Å². The first-order valence-electron chi connectivity index (χ1n) is 4.85. The average molecular weight is 180 g/mol. The molecule has 0 aromatic heterocycles. The molecule has 0 spiro atoms. The third-order valence-electron chi connectivity index (χ3n) is 1.76. The summed E-state index contributed by atoms with van der Waals surface area (Å²) in [7, 11) is 1.67. The van der Waals surface area contributed by atoms with Gasteiger partial charge in [0.2, 0.25) is 0 Å². The van der Waals surface area contributed by atoms with Gasteiger partial charge in [0.05, 0.1) is 7.11 Å². The predicted molar refractivity (Wildman–Crippen MR) is 58.3 cm³/mol. The summed E-state index contributed by atoms with van der Waals surface area (Å²) >= 11 is 0. The highest BCUT2D eigenvalue weighted by Crippen LogP contribution is 2.09. The lowest BCUT2D eigenvalue weighted by Crippen LogP contribution is -1.80. The van der Waals surface area contributed by atoms with Crippen LogP contribution in [-0.2, 0) is 0 Å². The number of rotatable bonds is 2. The maximum absolute atomic E-state index is 4.97. The molecule has 1 nitrogen and oxygen atoms in total. The van der Waals surface area contributed by atoms with Gasteiger partial charge in [-0.05, 0) is 19.1 Å². The summed E-state index contributed by atoms with van der Waals surface area (Å²) in [6.07, 6.45) is 2.64. The molecule has 0 aliphatic carbocycles. The average Bonchev–Trinajstić information content (AvgIpc) is 2.19. The van der Waals surface area contributed by atoms with Crippen molar-refractivity contribution < 1.29 is 4.74 Å². The largest absolute Gasteiger partial charge is 0.497 e. The molecule has 0 aliphatic heterocycles. The lowest BCUT2D eigenvalue weighted by Gasteiger charge is -1.97. The summed E-state index contributed by atoms with van der Waals surface area (Å²) in [6, 6.07) is 7.96. The van der Waals surface area contributed by atoms with Crippen LogP contribution in [0.4, 0.5) is 0 Å². The number of hydrogen-bond acceptors (Lipinski definition) is 1. The van der Waals surface area contributed by atoms with Crippen molar-refractivity contribution in [3.63, 3.8) is 0 Å². The third-order valence-corrected chi connectivity index (χ3v) is 1.76. The number of benzene rings is 1. The van der Waals surface area contributed by atoms with E-state index in [9.17, 15) is 0 Å². The smallest absolute Gasteiger partial charge is 0.118 e. The minimum absolute atomic E-state index is 0.917. The predicted octanol–water partition coefficient (Wildman–Crippen LogP) is 3.81. The monoisotopic (exact) mass is 180 g/mol. The molecule has 74 valence electrons. The van der Waals surface area contributed by atoms with Crippen LogP contribution in [0.15, 0.2) is 24.3 Å². The first-order valence-corrected chi connectivity index (χ1v) is 4.85. The summed E-state index contributed by atoms with van der Waals surface area (Å²) in [5.41, 5.74) is 1.26. The van der Waals surface area contributed by atoms with Crippen molar-refractivity contribution in [3.05, 3.63) is 29.8 Å². The Hall–Kier alpha value is -0.980. The van der Waals surface area contributed by atoms with Crippen molar-refractivity contribution in [1.29, 1.82) is 0 Å². The number of ether oxygens (including phenoxy) is 1. The van der Waals surface area contributed by atoms with Crippen LogP contribution in [0.25, 0.3) is 0 Å². The Labute approximate surface area is 81.7 Å². The third kappa shape index (κ3) is 6.21. The Morgan fingerprint density at radius 2 is 1.46 bits per heavy atom. The molecule has 0 unspecified atom stereocenters. The van der Waals surface area contributed by atoms with Crippen LogP contribution in [0.3, 0.4) is 0 Å². The summed E-state index contributed by atoms with van der Waals surface area (Å²) in [5.74, 6) is 0.917. The van der Waals surface area contributed by atoms with Gasteiger partial charge >= 0.3 is 0 Å². The number of methoxy groups -OCH3 is 1. The molecule has 0 saturated carbocycles. The summed E-state index contributed by atoms with van der Waals surface area (Å²) < 4.78 is 4.97. The minimum Gasteiger partial charge on any atom is -0.497 e. The molecule has 1 rings (SSSR count). The topological polar surface area (TPSA) is 9.23 Å². The molecular formula is C12H20O. The fourth-order valence-corrected chi connectivity index (χ4v) is 0.674. The van der Waals surface area contributed by atoms with E-state index >= 15 is 0 Å². The van der Waals surface area contributed by atoms with Gasteiger partial charge in [-0.1, -0.05) is 44.4 Å². The molecule has 1 aromatic rings. The van der Waals surface area contributed by atoms with Crippen molar-refractivity contribution in [2.24, 2.45) is 0 Å². The Balaban J connectivity index is 0.000000310. The van der Waals surface area contributed by atoms with Crippen LogP contribution in [0.1, 0.15) is 32.3 Å². The standard InChI is InChI=1S/C8H10O.C4H10/c1-7-3-5-8(9-2)6-4-7;1-3-4-2/h3-6H,1-2H3;3-4H2,1-2H3. The fraction of sp³-hybridized carbons (Fsp3) is 0.500. The Kier molecular flexibility index (Phi) is 7.08. The Morgan fingerprint density at radius 1 is 1.00 bits per heavy atom. The minimum atomic E-state index is 0.917. The quantitative estimate of drug-likeness (QED) is 0.672. The van der Waals surface area contributed by atoms with E-state index in [1.54, 1.807) is 7.11 Å². The van der Waals surface area contributed by atoms with Crippen LogP contribution < -0.4 is 4.74 Å². The molecule has 1 aromatic carbocycles. The Bertz CT molecular complexity index is 199. The van der Waals surface area contributed by atoms with Crippen LogP contribution in [0, 0.1) is 6.92 Å². The maximum Gasteiger partial charge on any atom is 0.118 e. The maximum atomic E-state index is 4.97. The van der Waals surface area contributed by atoms with E-state index in [-0.39, 0.29) is 0 Å². The van der Waals surface area contributed by atoms with Gasteiger partial charge in [-0.25, -0.2) is 0 Å². The second-order valence-corrected chi connectivity index (χ2v) is 3.02. The van der Waals surface area contributed by atoms with Crippen molar-refractivity contribution in [3.8, 4) is 5.75 Å². The van der Waals surface area contributed by atoms with Gasteiger partial charge in [0.15, 0.2) is 0 Å². The molecule has 1 heteroatoms. The number of hydrogen-bond donors (Lipinski definition) is 0. The van der Waals surface area contributed by atoms with E-state index in [0.29, 0.717) is 0 Å². The molecular weight excluding hydrogens is 160 g/mol. The van der Waals surface area contributed by atoms with Gasteiger partial charge in [-0.2, -0.15) is 0 Å². The van der Waals surface area contributed by atoms with Crippen molar-refractivity contribution in [1.82, 2.24) is 0 Å². The van der Waals surface area contributed by atoms with Crippen LogP contribution in [0.2, 0.25) is 0 Å². The highest BCUT2D eigenvalue weighted by atomic mass is 16.5. The molecule has 0 saturated heterocycles. The molecule has 0 radical (unpaired) electrons. The normalized spacial score (nSPS) is 8.62. The van der Waals surface area contributed by atoms with Crippen LogP contribution in [-0.4, -0.2) is 7.11 Å². The van der Waals surface area contributed by atoms with Gasteiger partial charge in [-0.3, -0.25) is 0 Å². The van der Waals surface area contributed by atoms with Gasteiger partial charge in [0, 0.05) is 0 Å². The molecule has 0 bridgehead atoms. The van der Waals surface area contributed by atoms with E-state index in [1.807, 2.05) is 24.3 Å². The molecule has 0 heterocycles. The summed E-state index contributed by atoms with van der Waals surface area (Å²) in [6.45, 7) is 6.42. The number of unbranched alkanes of at least 4 members (excludes halogenated alkanes) is 1. The van der Waals surface area contributed by atoms with E-state index in [4.69, 9.17) is 4.74 Å². The zero-order chi connectivity index (χ0) is 10.1. The van der Waals surface area contributed by atoms with Gasteiger partial charge in [-0.15, -0.1) is 0 Å². The molecule has 0 aliphatic rings. The van der Waals surface area contributed by atoms with Crippen LogP contribution >= 0.6 is 0 Å². The van der Waals surface area contributed by atoms with E-state index in [1.165, 1.54) is 18.4 Å². The lowest BCUT2D eigenvalue weighted by molar-refractivity contribution is 0.414. The highest BCUT2D eigenvalue weighted by Gasteiger charge is 1.85. The van der Waals surface area contributed by atoms with E-state index in [0.717, 1.165) is 5.75 Å². The van der Waals surface area contributed by atoms with Crippen molar-refractivity contribution >= 4 is 0 Å². The van der Waals surface area contributed by atoms with E-state index < -0.39 is 0 Å². The van der Waals surface area contributed by atoms with Gasteiger partial charge in [0.1, 0.15) is 5.75 Å². The van der Waals surface area contributed by atoms with Gasteiger partial charge in [0.25, 0.3) is 0 Å². The van der Waals surface area contributed by atoms with Crippen molar-refractivity contribution in [2.45, 2.75) is 33.6 Å². The second-order valence-electron chi connectivity index (χ2n) is 3.02. The lowest BCUT2D eigenvalue weighted by atomic mass is 10.2. The molecule has 0 N–H and O–H groups in total. The first kappa shape index (κ1) is 12.0. The summed E-state index contributed by atoms with van der Waals surface area (Å²) in [4.78, 5) is 0. The SMILES string of the molecule is CCCC.COc1ccc(C)cc1. The molecule has 0 fully saturated rings.